The first-order valence-electron chi connectivity index (χ1n) is 11.3. The van der Waals surface area contributed by atoms with E-state index in [0.29, 0.717) is 0 Å². The molecular weight excluding hydrogens is 422 g/mol. The summed E-state index contributed by atoms with van der Waals surface area (Å²) >= 11 is 0. The van der Waals surface area contributed by atoms with Gasteiger partial charge >= 0.3 is 0 Å². The summed E-state index contributed by atoms with van der Waals surface area (Å²) in [6.07, 6.45) is 0. The van der Waals surface area contributed by atoms with Gasteiger partial charge in [-0.15, -0.1) is 0 Å². The van der Waals surface area contributed by atoms with Gasteiger partial charge in [0.15, 0.2) is 0 Å². The molecule has 34 heavy (non-hydrogen) atoms. The van der Waals surface area contributed by atoms with Crippen molar-refractivity contribution >= 4 is 21.5 Å². The van der Waals surface area contributed by atoms with Crippen molar-refractivity contribution in [3.05, 3.63) is 121 Å². The van der Waals surface area contributed by atoms with Gasteiger partial charge in [0.25, 0.3) is 0 Å². The SMILES string of the molecule is Fc1ccc(-c2c3c(c(-c4ccc(F)cc4)c4ccccc24)-c2cccc4cccc-3c24)cc1. The van der Waals surface area contributed by atoms with Gasteiger partial charge in [0.1, 0.15) is 11.6 Å². The maximum atomic E-state index is 13.9. The molecule has 0 atom stereocenters. The van der Waals surface area contributed by atoms with E-state index in [0.717, 1.165) is 44.2 Å². The van der Waals surface area contributed by atoms with Crippen LogP contribution >= 0.6 is 0 Å². The molecule has 0 radical (unpaired) electrons. The molecule has 0 unspecified atom stereocenters. The van der Waals surface area contributed by atoms with Crippen LogP contribution in [-0.2, 0) is 0 Å². The molecule has 0 N–H and O–H groups in total. The Morgan fingerprint density at radius 1 is 0.382 bits per heavy atom. The summed E-state index contributed by atoms with van der Waals surface area (Å²) in [7, 11) is 0. The molecule has 6 aromatic rings. The molecular formula is C32H18F2. The van der Waals surface area contributed by atoms with Crippen LogP contribution in [0.4, 0.5) is 8.78 Å². The van der Waals surface area contributed by atoms with Crippen LogP contribution in [0.15, 0.2) is 109 Å². The molecule has 0 heterocycles. The number of rotatable bonds is 2. The molecule has 0 aromatic heterocycles. The van der Waals surface area contributed by atoms with Crippen LogP contribution < -0.4 is 0 Å². The summed E-state index contributed by atoms with van der Waals surface area (Å²) in [5.41, 5.74) is 8.80. The smallest absolute Gasteiger partial charge is 0.123 e. The predicted octanol–water partition coefficient (Wildman–Crippen LogP) is 9.25. The van der Waals surface area contributed by atoms with E-state index in [4.69, 9.17) is 0 Å². The molecule has 1 aliphatic rings. The Balaban J connectivity index is 1.74. The second-order valence-electron chi connectivity index (χ2n) is 8.77. The Morgan fingerprint density at radius 3 is 1.26 bits per heavy atom. The molecule has 0 spiro atoms. The molecule has 0 nitrogen and oxygen atoms in total. The largest absolute Gasteiger partial charge is 0.207 e. The first kappa shape index (κ1) is 19.2. The van der Waals surface area contributed by atoms with Crippen LogP contribution in [0, 0.1) is 11.6 Å². The van der Waals surface area contributed by atoms with Crippen molar-refractivity contribution in [2.24, 2.45) is 0 Å². The number of hydrogen-bond donors (Lipinski definition) is 0. The van der Waals surface area contributed by atoms with Crippen molar-refractivity contribution < 1.29 is 8.78 Å². The Labute approximate surface area is 195 Å². The lowest BCUT2D eigenvalue weighted by Crippen LogP contribution is -1.93. The van der Waals surface area contributed by atoms with E-state index < -0.39 is 0 Å². The van der Waals surface area contributed by atoms with E-state index in [1.165, 1.54) is 46.2 Å². The van der Waals surface area contributed by atoms with Crippen molar-refractivity contribution in [3.63, 3.8) is 0 Å². The maximum Gasteiger partial charge on any atom is 0.123 e. The minimum Gasteiger partial charge on any atom is -0.207 e. The lowest BCUT2D eigenvalue weighted by molar-refractivity contribution is 0.627. The van der Waals surface area contributed by atoms with E-state index in [1.807, 2.05) is 36.4 Å². The highest BCUT2D eigenvalue weighted by atomic mass is 19.1. The van der Waals surface area contributed by atoms with Gasteiger partial charge in [-0.1, -0.05) is 84.9 Å². The average Bonchev–Trinajstić information content (AvgIpc) is 3.20. The quantitative estimate of drug-likeness (QED) is 0.251. The van der Waals surface area contributed by atoms with Gasteiger partial charge in [-0.3, -0.25) is 0 Å². The first-order valence-corrected chi connectivity index (χ1v) is 11.3. The fourth-order valence-electron chi connectivity index (χ4n) is 5.57. The minimum absolute atomic E-state index is 0.252. The second kappa shape index (κ2) is 7.10. The van der Waals surface area contributed by atoms with E-state index in [-0.39, 0.29) is 11.6 Å². The van der Waals surface area contributed by atoms with Crippen LogP contribution in [0.2, 0.25) is 0 Å². The Morgan fingerprint density at radius 2 is 0.824 bits per heavy atom. The normalized spacial score (nSPS) is 11.8. The van der Waals surface area contributed by atoms with E-state index >= 15 is 0 Å². The summed E-state index contributed by atoms with van der Waals surface area (Å²) < 4.78 is 27.8. The molecule has 7 rings (SSSR count). The lowest BCUT2D eigenvalue weighted by atomic mass is 9.82. The van der Waals surface area contributed by atoms with Crippen molar-refractivity contribution in [1.29, 1.82) is 0 Å². The third kappa shape index (κ3) is 2.63. The van der Waals surface area contributed by atoms with Crippen LogP contribution in [0.25, 0.3) is 66.1 Å². The standard InChI is InChI=1S/C32H18F2/c33-22-15-11-20(12-16-22)29-24-7-1-2-8-25(24)30(21-13-17-23(34)18-14-21)32-27-10-4-6-19-5-3-9-26(28(19)27)31(29)32/h1-18H. The van der Waals surface area contributed by atoms with Gasteiger partial charge in [-0.25, -0.2) is 8.78 Å². The highest BCUT2D eigenvalue weighted by molar-refractivity contribution is 6.27. The van der Waals surface area contributed by atoms with Crippen molar-refractivity contribution in [3.8, 4) is 44.5 Å². The molecule has 6 aromatic carbocycles. The molecule has 0 saturated heterocycles. The number of fused-ring (bicyclic) bond motifs is 4. The third-order valence-electron chi connectivity index (χ3n) is 6.92. The zero-order valence-electron chi connectivity index (χ0n) is 18.1. The number of benzene rings is 6. The predicted molar refractivity (Wildman–Crippen MR) is 137 cm³/mol. The van der Waals surface area contributed by atoms with Crippen molar-refractivity contribution in [2.45, 2.75) is 0 Å². The average molecular weight is 440 g/mol. The maximum absolute atomic E-state index is 13.9. The molecule has 0 saturated carbocycles. The fourth-order valence-corrected chi connectivity index (χ4v) is 5.57. The summed E-state index contributed by atoms with van der Waals surface area (Å²) in [4.78, 5) is 0. The second-order valence-corrected chi connectivity index (χ2v) is 8.77. The summed E-state index contributed by atoms with van der Waals surface area (Å²) in [5, 5.41) is 4.60. The Bertz CT molecular complexity index is 1620. The number of halogens is 2. The number of hydrogen-bond acceptors (Lipinski definition) is 0. The van der Waals surface area contributed by atoms with E-state index in [1.54, 1.807) is 0 Å². The molecule has 1 aliphatic carbocycles. The third-order valence-corrected chi connectivity index (χ3v) is 6.92. The van der Waals surface area contributed by atoms with Crippen molar-refractivity contribution in [1.82, 2.24) is 0 Å². The Kier molecular flexibility index (Phi) is 4.01. The lowest BCUT2D eigenvalue weighted by Gasteiger charge is -2.20. The zero-order valence-corrected chi connectivity index (χ0v) is 18.1. The fraction of sp³-hybridized carbons (Fsp3) is 0. The van der Waals surface area contributed by atoms with Gasteiger partial charge in [-0.05, 0) is 90.3 Å². The summed E-state index contributed by atoms with van der Waals surface area (Å²) in [5.74, 6) is -0.504. The van der Waals surface area contributed by atoms with E-state index in [2.05, 4.69) is 48.5 Å². The topological polar surface area (TPSA) is 0 Å². The monoisotopic (exact) mass is 440 g/mol. The Hall–Kier alpha value is -4.30. The summed E-state index contributed by atoms with van der Waals surface area (Å²) in [6.45, 7) is 0. The highest BCUT2D eigenvalue weighted by Gasteiger charge is 2.30. The van der Waals surface area contributed by atoms with Crippen LogP contribution in [0.5, 0.6) is 0 Å². The summed E-state index contributed by atoms with van der Waals surface area (Å²) in [6, 6.07) is 34.7. The minimum atomic E-state index is -0.252. The van der Waals surface area contributed by atoms with Gasteiger partial charge in [-0.2, -0.15) is 0 Å². The molecule has 160 valence electrons. The van der Waals surface area contributed by atoms with Gasteiger partial charge < -0.3 is 0 Å². The molecule has 0 bridgehead atoms. The first-order chi connectivity index (χ1) is 16.7. The van der Waals surface area contributed by atoms with E-state index in [9.17, 15) is 8.78 Å². The van der Waals surface area contributed by atoms with Crippen molar-refractivity contribution in [2.75, 3.05) is 0 Å². The highest BCUT2D eigenvalue weighted by Crippen LogP contribution is 2.57. The molecule has 0 aliphatic heterocycles. The molecule has 2 heteroatoms. The van der Waals surface area contributed by atoms with Crippen LogP contribution in [-0.4, -0.2) is 0 Å². The molecule has 0 amide bonds. The van der Waals surface area contributed by atoms with Crippen LogP contribution in [0.1, 0.15) is 0 Å². The zero-order chi connectivity index (χ0) is 22.8. The van der Waals surface area contributed by atoms with Gasteiger partial charge in [0.05, 0.1) is 0 Å². The van der Waals surface area contributed by atoms with Crippen LogP contribution in [0.3, 0.4) is 0 Å². The van der Waals surface area contributed by atoms with Gasteiger partial charge in [0.2, 0.25) is 0 Å². The molecule has 0 fully saturated rings. The van der Waals surface area contributed by atoms with Gasteiger partial charge in [0, 0.05) is 0 Å².